The van der Waals surface area contributed by atoms with E-state index in [2.05, 4.69) is 5.32 Å². The van der Waals surface area contributed by atoms with Gasteiger partial charge in [-0.05, 0) is 48.2 Å². The Hall–Kier alpha value is -2.30. The van der Waals surface area contributed by atoms with Gasteiger partial charge in [0.1, 0.15) is 5.82 Å². The number of halogens is 3. The van der Waals surface area contributed by atoms with Crippen LogP contribution in [0.4, 0.5) is 13.2 Å². The summed E-state index contributed by atoms with van der Waals surface area (Å²) in [5.74, 6) is -2.37. The minimum Gasteiger partial charge on any atom is -0.352 e. The van der Waals surface area contributed by atoms with Crippen LogP contribution < -0.4 is 5.32 Å². The Bertz CT molecular complexity index is 628. The largest absolute Gasteiger partial charge is 0.352 e. The van der Waals surface area contributed by atoms with Crippen molar-refractivity contribution in [3.8, 4) is 0 Å². The van der Waals surface area contributed by atoms with E-state index in [1.807, 2.05) is 0 Å². The van der Waals surface area contributed by atoms with Gasteiger partial charge in [0, 0.05) is 13.0 Å². The number of carbonyl (C=O) groups excluding carboxylic acids is 1. The average molecular weight is 307 g/mol. The second kappa shape index (κ2) is 7.11. The Morgan fingerprint density at radius 3 is 2.32 bits per heavy atom. The van der Waals surface area contributed by atoms with Crippen molar-refractivity contribution in [2.45, 2.75) is 26.3 Å². The molecule has 22 heavy (non-hydrogen) atoms. The number of nitrogens with one attached hydrogen (secondary N) is 1. The van der Waals surface area contributed by atoms with E-state index in [1.54, 1.807) is 19.1 Å². The van der Waals surface area contributed by atoms with Crippen LogP contribution in [-0.2, 0) is 17.8 Å². The zero-order valence-electron chi connectivity index (χ0n) is 12.1. The molecule has 116 valence electrons. The molecule has 2 rings (SSSR count). The molecule has 0 aliphatic carbocycles. The van der Waals surface area contributed by atoms with E-state index >= 15 is 0 Å². The number of benzene rings is 2. The van der Waals surface area contributed by atoms with E-state index in [9.17, 15) is 18.0 Å². The van der Waals surface area contributed by atoms with Crippen molar-refractivity contribution in [2.75, 3.05) is 0 Å². The second-order valence-corrected chi connectivity index (χ2v) is 5.11. The first kappa shape index (κ1) is 16.1. The van der Waals surface area contributed by atoms with Crippen molar-refractivity contribution >= 4 is 5.91 Å². The third kappa shape index (κ3) is 4.35. The molecule has 0 aromatic heterocycles. The molecule has 2 nitrogen and oxygen atoms in total. The highest BCUT2D eigenvalue weighted by atomic mass is 19.2. The zero-order valence-corrected chi connectivity index (χ0v) is 12.1. The van der Waals surface area contributed by atoms with Crippen molar-refractivity contribution in [2.24, 2.45) is 0 Å². The summed E-state index contributed by atoms with van der Waals surface area (Å²) in [6.07, 6.45) is 0.463. The quantitative estimate of drug-likeness (QED) is 0.897. The average Bonchev–Trinajstić information content (AvgIpc) is 2.49. The number of hydrogen-bond donors (Lipinski definition) is 1. The molecule has 0 heterocycles. The lowest BCUT2D eigenvalue weighted by atomic mass is 10.1. The lowest BCUT2D eigenvalue weighted by molar-refractivity contribution is -0.121. The summed E-state index contributed by atoms with van der Waals surface area (Å²) >= 11 is 0. The summed E-state index contributed by atoms with van der Waals surface area (Å²) in [6.45, 7) is 1.90. The monoisotopic (exact) mass is 307 g/mol. The number of amides is 1. The maximum Gasteiger partial charge on any atom is 0.220 e. The third-order valence-corrected chi connectivity index (χ3v) is 3.35. The van der Waals surface area contributed by atoms with E-state index in [4.69, 9.17) is 0 Å². The summed E-state index contributed by atoms with van der Waals surface area (Å²) < 4.78 is 39.2. The fourth-order valence-electron chi connectivity index (χ4n) is 1.99. The van der Waals surface area contributed by atoms with Gasteiger partial charge in [-0.15, -0.1) is 0 Å². The number of carbonyl (C=O) groups is 1. The smallest absolute Gasteiger partial charge is 0.220 e. The van der Waals surface area contributed by atoms with Crippen LogP contribution in [0.5, 0.6) is 0 Å². The van der Waals surface area contributed by atoms with Gasteiger partial charge in [0.05, 0.1) is 0 Å². The lowest BCUT2D eigenvalue weighted by Crippen LogP contribution is -2.23. The summed E-state index contributed by atoms with van der Waals surface area (Å²) in [5, 5.41) is 2.67. The second-order valence-electron chi connectivity index (χ2n) is 5.11. The predicted molar refractivity (Wildman–Crippen MR) is 77.7 cm³/mol. The van der Waals surface area contributed by atoms with Crippen molar-refractivity contribution in [3.63, 3.8) is 0 Å². The first-order chi connectivity index (χ1) is 10.5. The van der Waals surface area contributed by atoms with Crippen molar-refractivity contribution < 1.29 is 18.0 Å². The van der Waals surface area contributed by atoms with Crippen LogP contribution in [0.2, 0.25) is 0 Å². The standard InChI is InChI=1S/C17H16F3NO/c1-11-2-3-13(9-15(11)19)10-21-17(22)7-5-12-4-6-14(18)16(20)8-12/h2-4,6,8-9H,5,7,10H2,1H3,(H,21,22). The van der Waals surface area contributed by atoms with Crippen LogP contribution >= 0.6 is 0 Å². The van der Waals surface area contributed by atoms with Gasteiger partial charge in [-0.1, -0.05) is 18.2 Å². The molecule has 2 aromatic carbocycles. The molecule has 5 heteroatoms. The molecule has 0 saturated carbocycles. The lowest BCUT2D eigenvalue weighted by Gasteiger charge is -2.07. The molecule has 0 aliphatic heterocycles. The normalized spacial score (nSPS) is 10.5. The Labute approximate surface area is 127 Å². The fraction of sp³-hybridized carbons (Fsp3) is 0.235. The molecule has 0 unspecified atom stereocenters. The van der Waals surface area contributed by atoms with Gasteiger partial charge in [0.25, 0.3) is 0 Å². The molecule has 1 amide bonds. The van der Waals surface area contributed by atoms with E-state index < -0.39 is 11.6 Å². The molecular formula is C17H16F3NO. The first-order valence-corrected chi connectivity index (χ1v) is 6.91. The Morgan fingerprint density at radius 1 is 0.955 bits per heavy atom. The van der Waals surface area contributed by atoms with Crippen LogP contribution in [0.15, 0.2) is 36.4 Å². The van der Waals surface area contributed by atoms with E-state index in [0.29, 0.717) is 23.1 Å². The highest BCUT2D eigenvalue weighted by molar-refractivity contribution is 5.76. The minimum atomic E-state index is -0.923. The van der Waals surface area contributed by atoms with E-state index in [1.165, 1.54) is 12.1 Å². The van der Waals surface area contributed by atoms with Gasteiger partial charge in [-0.2, -0.15) is 0 Å². The highest BCUT2D eigenvalue weighted by Crippen LogP contribution is 2.11. The van der Waals surface area contributed by atoms with E-state index in [-0.39, 0.29) is 24.7 Å². The minimum absolute atomic E-state index is 0.152. The Morgan fingerprint density at radius 2 is 1.64 bits per heavy atom. The molecule has 0 saturated heterocycles. The van der Waals surface area contributed by atoms with Crippen LogP contribution in [0.3, 0.4) is 0 Å². The molecule has 0 bridgehead atoms. The summed E-state index contributed by atoms with van der Waals surface area (Å²) in [4.78, 5) is 11.7. The molecule has 1 N–H and O–H groups in total. The van der Waals surface area contributed by atoms with Crippen molar-refractivity contribution in [1.82, 2.24) is 5.32 Å². The summed E-state index contributed by atoms with van der Waals surface area (Å²) in [6, 6.07) is 8.34. The van der Waals surface area contributed by atoms with Crippen molar-refractivity contribution in [1.29, 1.82) is 0 Å². The first-order valence-electron chi connectivity index (χ1n) is 6.91. The van der Waals surface area contributed by atoms with Gasteiger partial charge in [0.15, 0.2) is 11.6 Å². The topological polar surface area (TPSA) is 29.1 Å². The van der Waals surface area contributed by atoms with Gasteiger partial charge >= 0.3 is 0 Å². The Balaban J connectivity index is 1.82. The molecule has 0 atom stereocenters. The highest BCUT2D eigenvalue weighted by Gasteiger charge is 2.06. The SMILES string of the molecule is Cc1ccc(CNC(=O)CCc2ccc(F)c(F)c2)cc1F. The number of hydrogen-bond acceptors (Lipinski definition) is 1. The third-order valence-electron chi connectivity index (χ3n) is 3.35. The maximum atomic E-state index is 13.4. The maximum absolute atomic E-state index is 13.4. The van der Waals surface area contributed by atoms with E-state index in [0.717, 1.165) is 12.1 Å². The van der Waals surface area contributed by atoms with Gasteiger partial charge in [-0.3, -0.25) is 4.79 Å². The molecule has 0 spiro atoms. The zero-order chi connectivity index (χ0) is 16.1. The molecular weight excluding hydrogens is 291 g/mol. The van der Waals surface area contributed by atoms with Gasteiger partial charge < -0.3 is 5.32 Å². The van der Waals surface area contributed by atoms with Gasteiger partial charge in [-0.25, -0.2) is 13.2 Å². The summed E-state index contributed by atoms with van der Waals surface area (Å²) in [5.41, 5.74) is 1.77. The molecule has 2 aromatic rings. The van der Waals surface area contributed by atoms with Crippen LogP contribution in [0.1, 0.15) is 23.1 Å². The van der Waals surface area contributed by atoms with Crippen LogP contribution in [0, 0.1) is 24.4 Å². The van der Waals surface area contributed by atoms with Crippen molar-refractivity contribution in [3.05, 3.63) is 70.5 Å². The van der Waals surface area contributed by atoms with Gasteiger partial charge in [0.2, 0.25) is 5.91 Å². The molecule has 0 aliphatic rings. The molecule has 0 fully saturated rings. The van der Waals surface area contributed by atoms with Crippen LogP contribution in [0.25, 0.3) is 0 Å². The number of rotatable bonds is 5. The fourth-order valence-corrected chi connectivity index (χ4v) is 1.99. The molecule has 0 radical (unpaired) electrons. The van der Waals surface area contributed by atoms with Crippen LogP contribution in [-0.4, -0.2) is 5.91 Å². The number of aryl methyl sites for hydroxylation is 2. The predicted octanol–water partition coefficient (Wildman–Crippen LogP) is 3.66. The Kier molecular flexibility index (Phi) is 5.20. The summed E-state index contributed by atoms with van der Waals surface area (Å²) in [7, 11) is 0.